The molecule has 0 heterocycles. The molecule has 2 nitrogen and oxygen atoms in total. The molecule has 6 heteroatoms. The molecule has 1 aromatic rings. The van der Waals surface area contributed by atoms with Gasteiger partial charge in [-0.15, -0.1) is 0 Å². The first-order valence-corrected chi connectivity index (χ1v) is 5.55. The first-order chi connectivity index (χ1) is 7.47. The number of nitrogens with zero attached hydrogens (tertiary/aromatic N) is 1. The molecule has 0 aliphatic carbocycles. The summed E-state index contributed by atoms with van der Waals surface area (Å²) < 4.78 is 39.1. The Kier molecular flexibility index (Phi) is 4.35. The molecule has 0 N–H and O–H groups in total. The molecule has 1 amide bonds. The normalized spacial score (nSPS) is 10.3. The smallest absolute Gasteiger partial charge is 0.259 e. The Labute approximate surface area is 99.2 Å². The Morgan fingerprint density at radius 2 is 1.81 bits per heavy atom. The summed E-state index contributed by atoms with van der Waals surface area (Å²) in [5, 5.41) is 0.486. The fraction of sp³-hybridized carbons (Fsp3) is 0.300. The van der Waals surface area contributed by atoms with Gasteiger partial charge in [0.25, 0.3) is 5.91 Å². The van der Waals surface area contributed by atoms with E-state index < -0.39 is 28.9 Å². The molecule has 88 valence electrons. The van der Waals surface area contributed by atoms with Crippen molar-refractivity contribution in [3.05, 3.63) is 35.1 Å². The van der Waals surface area contributed by atoms with E-state index in [1.807, 2.05) is 0 Å². The number of hydrogen-bond donors (Lipinski definition) is 0. The van der Waals surface area contributed by atoms with E-state index in [1.165, 1.54) is 7.05 Å². The van der Waals surface area contributed by atoms with Gasteiger partial charge in [-0.2, -0.15) is 0 Å². The summed E-state index contributed by atoms with van der Waals surface area (Å²) in [5.74, 6) is -4.24. The third-order valence-electron chi connectivity index (χ3n) is 1.99. The van der Waals surface area contributed by atoms with Gasteiger partial charge in [0.2, 0.25) is 0 Å². The average Bonchev–Trinajstić information content (AvgIpc) is 2.16. The van der Waals surface area contributed by atoms with Crippen molar-refractivity contribution in [2.24, 2.45) is 0 Å². The van der Waals surface area contributed by atoms with E-state index in [1.54, 1.807) is 0 Å². The van der Waals surface area contributed by atoms with Gasteiger partial charge in [-0.25, -0.2) is 13.2 Å². The molecule has 16 heavy (non-hydrogen) atoms. The van der Waals surface area contributed by atoms with Crippen LogP contribution in [0.4, 0.5) is 13.2 Å². The predicted molar refractivity (Wildman–Crippen MR) is 57.1 cm³/mol. The maximum Gasteiger partial charge on any atom is 0.259 e. The zero-order valence-corrected chi connectivity index (χ0v) is 10.0. The Bertz CT molecular complexity index is 388. The van der Waals surface area contributed by atoms with E-state index in [0.29, 0.717) is 24.0 Å². The molecule has 0 aromatic heterocycles. The van der Waals surface area contributed by atoms with Crippen LogP contribution in [0.15, 0.2) is 12.1 Å². The van der Waals surface area contributed by atoms with Crippen LogP contribution in [0.1, 0.15) is 10.4 Å². The molecule has 0 radical (unpaired) electrons. The van der Waals surface area contributed by atoms with Gasteiger partial charge in [0, 0.05) is 31.1 Å². The van der Waals surface area contributed by atoms with Crippen LogP contribution in [0.2, 0.25) is 0 Å². The SMILES string of the molecule is CN(CCBr)C(=O)c1c(F)cc(F)cc1F. The summed E-state index contributed by atoms with van der Waals surface area (Å²) in [4.78, 5) is 12.7. The lowest BCUT2D eigenvalue weighted by Gasteiger charge is -2.16. The number of amides is 1. The van der Waals surface area contributed by atoms with E-state index in [-0.39, 0.29) is 0 Å². The van der Waals surface area contributed by atoms with Gasteiger partial charge in [0.15, 0.2) is 0 Å². The highest BCUT2D eigenvalue weighted by Crippen LogP contribution is 2.16. The minimum atomic E-state index is -1.19. The van der Waals surface area contributed by atoms with Crippen molar-refractivity contribution in [3.8, 4) is 0 Å². The summed E-state index contributed by atoms with van der Waals surface area (Å²) >= 11 is 3.10. The van der Waals surface area contributed by atoms with Crippen molar-refractivity contribution in [2.75, 3.05) is 18.9 Å². The summed E-state index contributed by atoms with van der Waals surface area (Å²) in [5.41, 5.74) is -0.732. The van der Waals surface area contributed by atoms with Gasteiger partial charge in [0.05, 0.1) is 0 Å². The molecule has 1 aromatic carbocycles. The number of alkyl halides is 1. The zero-order valence-electron chi connectivity index (χ0n) is 8.44. The Morgan fingerprint density at radius 3 is 2.25 bits per heavy atom. The van der Waals surface area contributed by atoms with Crippen LogP contribution in [-0.4, -0.2) is 29.7 Å². The molecular weight excluding hydrogens is 287 g/mol. The average molecular weight is 296 g/mol. The number of halogens is 4. The molecule has 0 saturated carbocycles. The molecule has 0 atom stereocenters. The number of rotatable bonds is 3. The maximum atomic E-state index is 13.2. The first-order valence-electron chi connectivity index (χ1n) is 4.43. The fourth-order valence-electron chi connectivity index (χ4n) is 1.17. The molecule has 0 fully saturated rings. The van der Waals surface area contributed by atoms with Crippen molar-refractivity contribution in [2.45, 2.75) is 0 Å². The van der Waals surface area contributed by atoms with Gasteiger partial charge >= 0.3 is 0 Å². The van der Waals surface area contributed by atoms with Gasteiger partial charge in [-0.1, -0.05) is 15.9 Å². The second kappa shape index (κ2) is 5.34. The lowest BCUT2D eigenvalue weighted by molar-refractivity contribution is 0.0794. The predicted octanol–water partition coefficient (Wildman–Crippen LogP) is 2.57. The number of hydrogen-bond acceptors (Lipinski definition) is 1. The molecule has 0 spiro atoms. The monoisotopic (exact) mass is 295 g/mol. The Hall–Kier alpha value is -1.04. The third kappa shape index (κ3) is 2.75. The minimum Gasteiger partial charge on any atom is -0.341 e. The highest BCUT2D eigenvalue weighted by molar-refractivity contribution is 9.09. The van der Waals surface area contributed by atoms with Crippen LogP contribution in [0, 0.1) is 17.5 Å². The van der Waals surface area contributed by atoms with Crippen LogP contribution in [0.5, 0.6) is 0 Å². The molecule has 0 unspecified atom stereocenters. The van der Waals surface area contributed by atoms with Gasteiger partial charge in [0.1, 0.15) is 23.0 Å². The summed E-state index contributed by atoms with van der Waals surface area (Å²) in [6.45, 7) is 0.301. The largest absolute Gasteiger partial charge is 0.341 e. The van der Waals surface area contributed by atoms with E-state index in [2.05, 4.69) is 15.9 Å². The van der Waals surface area contributed by atoms with Gasteiger partial charge in [-0.05, 0) is 0 Å². The zero-order chi connectivity index (χ0) is 12.3. The van der Waals surface area contributed by atoms with Crippen molar-refractivity contribution in [1.82, 2.24) is 4.90 Å². The summed E-state index contributed by atoms with van der Waals surface area (Å²) in [6.07, 6.45) is 0. The van der Waals surface area contributed by atoms with E-state index in [9.17, 15) is 18.0 Å². The van der Waals surface area contributed by atoms with Crippen molar-refractivity contribution in [3.63, 3.8) is 0 Å². The Balaban J connectivity index is 3.08. The summed E-state index contributed by atoms with van der Waals surface area (Å²) in [6, 6.07) is 0.969. The van der Waals surface area contributed by atoms with Crippen LogP contribution in [0.3, 0.4) is 0 Å². The van der Waals surface area contributed by atoms with E-state index in [4.69, 9.17) is 0 Å². The lowest BCUT2D eigenvalue weighted by atomic mass is 10.1. The number of carbonyl (C=O) groups is 1. The molecule has 1 rings (SSSR count). The number of benzene rings is 1. The Morgan fingerprint density at radius 1 is 1.31 bits per heavy atom. The van der Waals surface area contributed by atoms with Crippen LogP contribution < -0.4 is 0 Å². The lowest BCUT2D eigenvalue weighted by Crippen LogP contribution is -2.30. The molecule has 0 bridgehead atoms. The van der Waals surface area contributed by atoms with Crippen molar-refractivity contribution >= 4 is 21.8 Å². The highest BCUT2D eigenvalue weighted by Gasteiger charge is 2.21. The maximum absolute atomic E-state index is 13.2. The second-order valence-electron chi connectivity index (χ2n) is 3.16. The topological polar surface area (TPSA) is 20.3 Å². The third-order valence-corrected chi connectivity index (χ3v) is 2.34. The standard InChI is InChI=1S/C10H9BrF3NO/c1-15(3-2-11)10(16)9-7(13)4-6(12)5-8(9)14/h4-5H,2-3H2,1H3. The molecule has 0 aliphatic heterocycles. The fourth-order valence-corrected chi connectivity index (χ4v) is 1.70. The molecular formula is C10H9BrF3NO. The highest BCUT2D eigenvalue weighted by atomic mass is 79.9. The summed E-state index contributed by atoms with van der Waals surface area (Å²) in [7, 11) is 1.41. The van der Waals surface area contributed by atoms with Crippen LogP contribution >= 0.6 is 15.9 Å². The van der Waals surface area contributed by atoms with Gasteiger partial charge < -0.3 is 4.90 Å². The quantitative estimate of drug-likeness (QED) is 0.785. The number of carbonyl (C=O) groups excluding carboxylic acids is 1. The van der Waals surface area contributed by atoms with E-state index >= 15 is 0 Å². The molecule has 0 saturated heterocycles. The van der Waals surface area contributed by atoms with E-state index in [0.717, 1.165) is 4.90 Å². The first kappa shape index (κ1) is 13.0. The second-order valence-corrected chi connectivity index (χ2v) is 3.95. The van der Waals surface area contributed by atoms with Crippen LogP contribution in [-0.2, 0) is 0 Å². The minimum absolute atomic E-state index is 0.301. The van der Waals surface area contributed by atoms with Crippen molar-refractivity contribution in [1.29, 1.82) is 0 Å². The van der Waals surface area contributed by atoms with Gasteiger partial charge in [-0.3, -0.25) is 4.79 Å². The molecule has 0 aliphatic rings. The van der Waals surface area contributed by atoms with Crippen molar-refractivity contribution < 1.29 is 18.0 Å². The van der Waals surface area contributed by atoms with Crippen LogP contribution in [0.25, 0.3) is 0 Å².